The highest BCUT2D eigenvalue weighted by atomic mass is 79.9. The zero-order valence-electron chi connectivity index (χ0n) is 10.1. The fourth-order valence-electron chi connectivity index (χ4n) is 1.82. The van der Waals surface area contributed by atoms with Crippen LogP contribution in [-0.4, -0.2) is 18.4 Å². The Bertz CT molecular complexity index is 695. The second kappa shape index (κ2) is 5.01. The van der Waals surface area contributed by atoms with E-state index in [2.05, 4.69) is 26.6 Å². The fraction of sp³-hybridized carbons (Fsp3) is 0.0769. The molecule has 0 unspecified atom stereocenters. The van der Waals surface area contributed by atoms with Gasteiger partial charge in [-0.1, -0.05) is 6.07 Å². The van der Waals surface area contributed by atoms with Crippen molar-refractivity contribution < 1.29 is 18.7 Å². The van der Waals surface area contributed by atoms with Gasteiger partial charge in [0.2, 0.25) is 0 Å². The highest BCUT2D eigenvalue weighted by molar-refractivity contribution is 9.10. The number of nitrogens with one attached hydrogen (secondary N) is 2. The van der Waals surface area contributed by atoms with Gasteiger partial charge in [-0.25, -0.2) is 0 Å². The molecule has 2 N–H and O–H groups in total. The maximum Gasteiger partial charge on any atom is 0.291 e. The third kappa shape index (κ3) is 2.39. The number of fused-ring (bicyclic) bond motifs is 1. The Morgan fingerprint density at radius 1 is 1.30 bits per heavy atom. The van der Waals surface area contributed by atoms with Crippen LogP contribution in [0.1, 0.15) is 10.6 Å². The minimum Gasteiger partial charge on any atom is -0.481 e. The van der Waals surface area contributed by atoms with Crippen LogP contribution in [0.3, 0.4) is 0 Å². The number of anilines is 2. The van der Waals surface area contributed by atoms with Crippen LogP contribution in [-0.2, 0) is 4.79 Å². The predicted molar refractivity (Wildman–Crippen MR) is 74.9 cm³/mol. The molecule has 0 spiro atoms. The van der Waals surface area contributed by atoms with E-state index in [-0.39, 0.29) is 18.3 Å². The van der Waals surface area contributed by atoms with Gasteiger partial charge in [0.1, 0.15) is 11.4 Å². The Labute approximate surface area is 122 Å². The van der Waals surface area contributed by atoms with Crippen LogP contribution in [0.15, 0.2) is 39.4 Å². The number of hydrogen-bond acceptors (Lipinski definition) is 4. The molecule has 102 valence electrons. The molecule has 0 bridgehead atoms. The van der Waals surface area contributed by atoms with Crippen molar-refractivity contribution in [2.24, 2.45) is 0 Å². The van der Waals surface area contributed by atoms with E-state index < -0.39 is 5.91 Å². The van der Waals surface area contributed by atoms with Gasteiger partial charge in [-0.05, 0) is 40.2 Å². The minimum atomic E-state index is -0.413. The van der Waals surface area contributed by atoms with Gasteiger partial charge in [-0.3, -0.25) is 9.59 Å². The lowest BCUT2D eigenvalue weighted by molar-refractivity contribution is -0.118. The molecule has 6 nitrogen and oxygen atoms in total. The lowest BCUT2D eigenvalue weighted by Crippen LogP contribution is -2.26. The van der Waals surface area contributed by atoms with Gasteiger partial charge in [0.25, 0.3) is 11.8 Å². The number of carbonyl (C=O) groups excluding carboxylic acids is 2. The predicted octanol–water partition coefficient (Wildman–Crippen LogP) is 2.63. The molecule has 0 saturated carbocycles. The summed E-state index contributed by atoms with van der Waals surface area (Å²) in [5.74, 6) is 0.00409. The van der Waals surface area contributed by atoms with Crippen LogP contribution in [0.25, 0.3) is 0 Å². The first-order chi connectivity index (χ1) is 9.63. The summed E-state index contributed by atoms with van der Waals surface area (Å²) >= 11 is 3.13. The highest BCUT2D eigenvalue weighted by Gasteiger charge is 2.21. The molecule has 2 aromatic rings. The second-order valence-electron chi connectivity index (χ2n) is 4.07. The summed E-state index contributed by atoms with van der Waals surface area (Å²) in [4.78, 5) is 23.4. The molecule has 1 aliphatic heterocycles. The Morgan fingerprint density at radius 2 is 2.15 bits per heavy atom. The highest BCUT2D eigenvalue weighted by Crippen LogP contribution is 2.35. The first-order valence-corrected chi connectivity index (χ1v) is 6.55. The lowest BCUT2D eigenvalue weighted by atomic mass is 10.2. The maximum absolute atomic E-state index is 12.0. The van der Waals surface area contributed by atoms with Gasteiger partial charge in [-0.2, -0.15) is 0 Å². The molecule has 1 aromatic carbocycles. The molecule has 1 aliphatic rings. The second-order valence-corrected chi connectivity index (χ2v) is 4.86. The molecule has 0 atom stereocenters. The molecule has 2 heterocycles. The summed E-state index contributed by atoms with van der Waals surface area (Å²) < 4.78 is 10.9. The van der Waals surface area contributed by atoms with Crippen LogP contribution in [0, 0.1) is 0 Å². The average Bonchev–Trinajstić information content (AvgIpc) is 2.86. The number of halogens is 1. The molecule has 7 heteroatoms. The van der Waals surface area contributed by atoms with E-state index >= 15 is 0 Å². The van der Waals surface area contributed by atoms with Crippen molar-refractivity contribution in [2.45, 2.75) is 0 Å². The van der Waals surface area contributed by atoms with Crippen LogP contribution in [0.4, 0.5) is 11.4 Å². The van der Waals surface area contributed by atoms with Crippen LogP contribution >= 0.6 is 15.9 Å². The summed E-state index contributed by atoms with van der Waals surface area (Å²) in [6, 6.07) is 8.28. The molecule has 20 heavy (non-hydrogen) atoms. The standard InChI is InChI=1S/C13H9BrN2O4/c14-10-5-4-9(20-10)13(18)15-7-2-1-3-8-12(7)16-11(17)6-19-8/h1-5H,6H2,(H,15,18)(H,16,17). The molecule has 0 aliphatic carbocycles. The van der Waals surface area contributed by atoms with Crippen LogP contribution < -0.4 is 15.4 Å². The Hall–Kier alpha value is -2.28. The van der Waals surface area contributed by atoms with E-state index in [9.17, 15) is 9.59 Å². The third-order valence-electron chi connectivity index (χ3n) is 2.69. The topological polar surface area (TPSA) is 80.6 Å². The van der Waals surface area contributed by atoms with Gasteiger partial charge in [0.15, 0.2) is 17.0 Å². The lowest BCUT2D eigenvalue weighted by Gasteiger charge is -2.20. The van der Waals surface area contributed by atoms with Crippen LogP contribution in [0.5, 0.6) is 5.75 Å². The third-order valence-corrected chi connectivity index (χ3v) is 3.12. The molecular formula is C13H9BrN2O4. The normalized spacial score (nSPS) is 13.2. The van der Waals surface area contributed by atoms with Crippen molar-refractivity contribution in [3.8, 4) is 5.75 Å². The van der Waals surface area contributed by atoms with Crippen molar-refractivity contribution in [3.05, 3.63) is 40.8 Å². The smallest absolute Gasteiger partial charge is 0.291 e. The van der Waals surface area contributed by atoms with E-state index in [1.54, 1.807) is 30.3 Å². The number of furan rings is 1. The summed E-state index contributed by atoms with van der Waals surface area (Å²) in [5, 5.41) is 5.34. The quantitative estimate of drug-likeness (QED) is 0.883. The maximum atomic E-state index is 12.0. The summed E-state index contributed by atoms with van der Waals surface area (Å²) in [6.45, 7) is -0.0322. The summed E-state index contributed by atoms with van der Waals surface area (Å²) in [7, 11) is 0. The molecule has 1 aromatic heterocycles. The van der Waals surface area contributed by atoms with Gasteiger partial charge in [0.05, 0.1) is 5.69 Å². The largest absolute Gasteiger partial charge is 0.481 e. The molecule has 2 amide bonds. The Morgan fingerprint density at radius 3 is 2.90 bits per heavy atom. The molecular weight excluding hydrogens is 328 g/mol. The van der Waals surface area contributed by atoms with E-state index in [0.717, 1.165) is 0 Å². The van der Waals surface area contributed by atoms with Crippen molar-refractivity contribution in [1.29, 1.82) is 0 Å². The molecule has 3 rings (SSSR count). The average molecular weight is 337 g/mol. The van der Waals surface area contributed by atoms with Crippen molar-refractivity contribution >= 4 is 39.1 Å². The summed E-state index contributed by atoms with van der Waals surface area (Å²) in [5.41, 5.74) is 0.899. The zero-order valence-corrected chi connectivity index (χ0v) is 11.7. The minimum absolute atomic E-state index is 0.0322. The Kier molecular flexibility index (Phi) is 3.19. The Balaban J connectivity index is 1.88. The number of carbonyl (C=O) groups is 2. The van der Waals surface area contributed by atoms with E-state index in [0.29, 0.717) is 21.8 Å². The molecule has 0 fully saturated rings. The SMILES string of the molecule is O=C1COc2cccc(NC(=O)c3ccc(Br)o3)c2N1. The zero-order chi connectivity index (χ0) is 14.1. The van der Waals surface area contributed by atoms with E-state index in [1.807, 2.05) is 0 Å². The number of benzene rings is 1. The van der Waals surface area contributed by atoms with E-state index in [4.69, 9.17) is 9.15 Å². The number of rotatable bonds is 2. The van der Waals surface area contributed by atoms with Crippen LogP contribution in [0.2, 0.25) is 0 Å². The van der Waals surface area contributed by atoms with Crippen molar-refractivity contribution in [3.63, 3.8) is 0 Å². The number of amides is 2. The fourth-order valence-corrected chi connectivity index (χ4v) is 2.13. The number of para-hydroxylation sites is 1. The number of hydrogen-bond donors (Lipinski definition) is 2. The van der Waals surface area contributed by atoms with Gasteiger partial charge < -0.3 is 19.8 Å². The summed E-state index contributed by atoms with van der Waals surface area (Å²) in [6.07, 6.45) is 0. The molecule has 0 saturated heterocycles. The van der Waals surface area contributed by atoms with Gasteiger partial charge >= 0.3 is 0 Å². The monoisotopic (exact) mass is 336 g/mol. The first kappa shape index (κ1) is 12.7. The van der Waals surface area contributed by atoms with Gasteiger partial charge in [-0.15, -0.1) is 0 Å². The first-order valence-electron chi connectivity index (χ1n) is 5.76. The van der Waals surface area contributed by atoms with Crippen molar-refractivity contribution in [1.82, 2.24) is 0 Å². The van der Waals surface area contributed by atoms with E-state index in [1.165, 1.54) is 0 Å². The molecule has 0 radical (unpaired) electrons. The number of ether oxygens (including phenoxy) is 1. The van der Waals surface area contributed by atoms with Crippen molar-refractivity contribution in [2.75, 3.05) is 17.2 Å². The van der Waals surface area contributed by atoms with Gasteiger partial charge in [0, 0.05) is 0 Å².